The minimum atomic E-state index is -3.67. The lowest BCUT2D eigenvalue weighted by atomic mass is 9.85. The van der Waals surface area contributed by atoms with Crippen molar-refractivity contribution in [3.63, 3.8) is 0 Å². The van der Waals surface area contributed by atoms with Gasteiger partial charge in [-0.05, 0) is 50.8 Å². The van der Waals surface area contributed by atoms with Gasteiger partial charge in [0.15, 0.2) is 0 Å². The second kappa shape index (κ2) is 7.38. The second-order valence-corrected chi connectivity index (χ2v) is 10.2. The van der Waals surface area contributed by atoms with Crippen LogP contribution in [0.1, 0.15) is 38.7 Å². The minimum Gasteiger partial charge on any atom is -0.457 e. The maximum absolute atomic E-state index is 12.6. The summed E-state index contributed by atoms with van der Waals surface area (Å²) in [4.78, 5) is 14.9. The van der Waals surface area contributed by atoms with Crippen LogP contribution in [-0.4, -0.2) is 26.5 Å². The van der Waals surface area contributed by atoms with E-state index < -0.39 is 10.0 Å². The lowest BCUT2D eigenvalue weighted by molar-refractivity contribution is -0.143. The molecule has 1 saturated heterocycles. The first kappa shape index (κ1) is 20.3. The summed E-state index contributed by atoms with van der Waals surface area (Å²) >= 11 is 0. The zero-order valence-electron chi connectivity index (χ0n) is 17.1. The van der Waals surface area contributed by atoms with Crippen LogP contribution < -0.4 is 10.3 Å². The van der Waals surface area contributed by atoms with Crippen molar-refractivity contribution < 1.29 is 17.9 Å². The molecule has 0 bridgehead atoms. The lowest BCUT2D eigenvalue weighted by Crippen LogP contribution is -2.44. The molecular formula is C22H28N2O4S. The quantitative estimate of drug-likeness (QED) is 0.448. The number of ether oxygens (including phenoxy) is 1. The van der Waals surface area contributed by atoms with E-state index in [-0.39, 0.29) is 40.8 Å². The average molecular weight is 417 g/mol. The summed E-state index contributed by atoms with van der Waals surface area (Å²) in [5.41, 5.74) is 7.31. The van der Waals surface area contributed by atoms with Crippen LogP contribution in [0.3, 0.4) is 0 Å². The van der Waals surface area contributed by atoms with Gasteiger partial charge in [0.1, 0.15) is 6.10 Å². The highest BCUT2D eigenvalue weighted by Gasteiger charge is 2.50. The fourth-order valence-corrected chi connectivity index (χ4v) is 5.81. The topological polar surface area (TPSA) is 84.5 Å². The smallest absolute Gasteiger partial charge is 0.309 e. The van der Waals surface area contributed by atoms with E-state index in [0.29, 0.717) is 6.42 Å². The van der Waals surface area contributed by atoms with E-state index in [4.69, 9.17) is 4.74 Å². The monoisotopic (exact) mass is 416 g/mol. The van der Waals surface area contributed by atoms with Crippen molar-refractivity contribution in [2.45, 2.75) is 57.1 Å². The molecule has 3 aliphatic rings. The highest BCUT2D eigenvalue weighted by Crippen LogP contribution is 2.49. The van der Waals surface area contributed by atoms with Crippen LogP contribution in [0.2, 0.25) is 0 Å². The maximum Gasteiger partial charge on any atom is 0.309 e. The molecule has 0 amide bonds. The van der Waals surface area contributed by atoms with Gasteiger partial charge in [0.2, 0.25) is 0 Å². The van der Waals surface area contributed by atoms with Crippen molar-refractivity contribution in [1.82, 2.24) is 10.3 Å². The minimum absolute atomic E-state index is 0.112. The molecule has 0 spiro atoms. The van der Waals surface area contributed by atoms with Crippen LogP contribution in [0.5, 0.6) is 0 Å². The molecule has 2 aliphatic carbocycles. The molecule has 29 heavy (non-hydrogen) atoms. The molecule has 5 atom stereocenters. The summed E-state index contributed by atoms with van der Waals surface area (Å²) in [6, 6.07) is 6.56. The number of sulfonamides is 1. The van der Waals surface area contributed by atoms with Crippen molar-refractivity contribution in [3.8, 4) is 0 Å². The maximum atomic E-state index is 12.6. The second-order valence-electron chi connectivity index (χ2n) is 8.55. The SMILES string of the molecule is C=C1CC[C@H]2[C@H](C)C(=O)O[C@@H]2C2=C(C)[C@H](NNS(=O)(=O)c3ccc(C)cc3)C[C@@H]12. The predicted molar refractivity (Wildman–Crippen MR) is 110 cm³/mol. The van der Waals surface area contributed by atoms with Crippen LogP contribution in [0.15, 0.2) is 52.5 Å². The van der Waals surface area contributed by atoms with Gasteiger partial charge in [0, 0.05) is 17.9 Å². The Balaban J connectivity index is 1.56. The molecule has 2 N–H and O–H groups in total. The number of hydrazine groups is 1. The molecule has 0 aromatic heterocycles. The van der Waals surface area contributed by atoms with Gasteiger partial charge in [-0.2, -0.15) is 0 Å². The number of aryl methyl sites for hydroxylation is 1. The number of rotatable bonds is 4. The summed E-state index contributed by atoms with van der Waals surface area (Å²) in [6.45, 7) is 10.1. The van der Waals surface area contributed by atoms with Gasteiger partial charge < -0.3 is 4.74 Å². The average Bonchev–Trinajstić information content (AvgIpc) is 3.10. The van der Waals surface area contributed by atoms with Crippen LogP contribution in [-0.2, 0) is 19.6 Å². The third-order valence-corrected chi connectivity index (χ3v) is 8.05. The number of hydrogen-bond acceptors (Lipinski definition) is 5. The molecule has 0 unspecified atom stereocenters. The first-order valence-electron chi connectivity index (χ1n) is 10.1. The van der Waals surface area contributed by atoms with Gasteiger partial charge in [-0.15, -0.1) is 4.83 Å². The van der Waals surface area contributed by atoms with Crippen molar-refractivity contribution >= 4 is 16.0 Å². The Morgan fingerprint density at radius 3 is 2.55 bits per heavy atom. The van der Waals surface area contributed by atoms with Gasteiger partial charge >= 0.3 is 5.97 Å². The largest absolute Gasteiger partial charge is 0.457 e. The number of carbonyl (C=O) groups is 1. The zero-order valence-corrected chi connectivity index (χ0v) is 17.9. The first-order chi connectivity index (χ1) is 13.7. The Hall–Kier alpha value is -1.96. The first-order valence-corrected chi connectivity index (χ1v) is 11.6. The molecule has 1 heterocycles. The Morgan fingerprint density at radius 1 is 1.17 bits per heavy atom. The number of allylic oxidation sites excluding steroid dienone is 1. The number of fused-ring (bicyclic) bond motifs is 3. The van der Waals surface area contributed by atoms with E-state index >= 15 is 0 Å². The summed E-state index contributed by atoms with van der Waals surface area (Å²) < 4.78 is 31.0. The van der Waals surface area contributed by atoms with Crippen molar-refractivity contribution in [2.75, 3.05) is 0 Å². The molecule has 6 nitrogen and oxygen atoms in total. The van der Waals surface area contributed by atoms with Gasteiger partial charge in [-0.25, -0.2) is 13.8 Å². The highest BCUT2D eigenvalue weighted by atomic mass is 32.2. The Bertz CT molecular complexity index is 981. The Morgan fingerprint density at radius 2 is 1.86 bits per heavy atom. The standard InChI is InChI=1S/C22H28N2O4S/c1-12-5-8-16(9-6-12)29(26,27)24-23-19-11-18-13(2)7-10-17-14(3)22(25)28-21(17)20(18)15(19)4/h5-6,8-9,14,17-19,21,23-24H,2,7,10-11H2,1,3-4H3/t14-,17-,18-,19+,21-/m0/s1. The van der Waals surface area contributed by atoms with Crippen LogP contribution in [0.4, 0.5) is 0 Å². The summed E-state index contributed by atoms with van der Waals surface area (Å²) in [7, 11) is -3.67. The fourth-order valence-electron chi connectivity index (χ4n) is 4.90. The third kappa shape index (κ3) is 3.56. The molecule has 7 heteroatoms. The number of esters is 1. The zero-order chi connectivity index (χ0) is 20.9. The number of nitrogens with one attached hydrogen (secondary N) is 2. The molecular weight excluding hydrogens is 388 g/mol. The molecule has 1 aromatic rings. The predicted octanol–water partition coefficient (Wildman–Crippen LogP) is 3.01. The van der Waals surface area contributed by atoms with Crippen molar-refractivity contribution in [2.24, 2.45) is 17.8 Å². The lowest BCUT2D eigenvalue weighted by Gasteiger charge is -2.21. The summed E-state index contributed by atoms with van der Waals surface area (Å²) in [5, 5.41) is 0. The van der Waals surface area contributed by atoms with Gasteiger partial charge in [-0.1, -0.05) is 42.3 Å². The van der Waals surface area contributed by atoms with Crippen LogP contribution in [0, 0.1) is 24.7 Å². The van der Waals surface area contributed by atoms with E-state index in [1.165, 1.54) is 0 Å². The van der Waals surface area contributed by atoms with Gasteiger partial charge in [-0.3, -0.25) is 4.79 Å². The van der Waals surface area contributed by atoms with Crippen LogP contribution in [0.25, 0.3) is 0 Å². The molecule has 0 radical (unpaired) electrons. The number of hydrogen-bond donors (Lipinski definition) is 2. The van der Waals surface area contributed by atoms with E-state index in [9.17, 15) is 13.2 Å². The van der Waals surface area contributed by atoms with E-state index in [0.717, 1.165) is 35.1 Å². The van der Waals surface area contributed by atoms with Crippen molar-refractivity contribution in [3.05, 3.63) is 53.1 Å². The third-order valence-electron chi connectivity index (χ3n) is 6.77. The molecule has 1 aliphatic heterocycles. The molecule has 156 valence electrons. The summed E-state index contributed by atoms with van der Waals surface area (Å²) in [5.74, 6) is 0.0311. The Kier molecular flexibility index (Phi) is 5.17. The van der Waals surface area contributed by atoms with Gasteiger partial charge in [0.25, 0.3) is 10.0 Å². The van der Waals surface area contributed by atoms with Gasteiger partial charge in [0.05, 0.1) is 10.8 Å². The van der Waals surface area contributed by atoms with E-state index in [1.54, 1.807) is 24.3 Å². The molecule has 1 saturated carbocycles. The Labute approximate surface area is 172 Å². The van der Waals surface area contributed by atoms with Crippen LogP contribution >= 0.6 is 0 Å². The fraction of sp³-hybridized carbons (Fsp3) is 0.500. The summed E-state index contributed by atoms with van der Waals surface area (Å²) in [6.07, 6.45) is 2.26. The normalized spacial score (nSPS) is 32.0. The number of benzene rings is 1. The molecule has 1 aromatic carbocycles. The number of carbonyl (C=O) groups excluding carboxylic acids is 1. The molecule has 4 rings (SSSR count). The van der Waals surface area contributed by atoms with E-state index in [2.05, 4.69) is 16.8 Å². The molecule has 2 fully saturated rings. The van der Waals surface area contributed by atoms with Crippen molar-refractivity contribution in [1.29, 1.82) is 0 Å². The highest BCUT2D eigenvalue weighted by molar-refractivity contribution is 7.89. The van der Waals surface area contributed by atoms with E-state index in [1.807, 2.05) is 20.8 Å².